The van der Waals surface area contributed by atoms with Crippen molar-refractivity contribution in [1.29, 1.82) is 0 Å². The zero-order valence-electron chi connectivity index (χ0n) is 12.2. The number of aryl methyl sites for hydroxylation is 1. The summed E-state index contributed by atoms with van der Waals surface area (Å²) in [5.41, 5.74) is 2.23. The van der Waals surface area contributed by atoms with Crippen molar-refractivity contribution in [3.05, 3.63) is 47.4 Å². The fourth-order valence-corrected chi connectivity index (χ4v) is 2.61. The molecule has 6 heteroatoms. The van der Waals surface area contributed by atoms with E-state index in [-0.39, 0.29) is 11.7 Å². The Hall–Kier alpha value is -2.63. The smallest absolute Gasteiger partial charge is 0.356 e. The number of aromatic nitrogens is 2. The van der Waals surface area contributed by atoms with Gasteiger partial charge in [-0.1, -0.05) is 25.1 Å². The molecule has 1 aliphatic heterocycles. The van der Waals surface area contributed by atoms with Gasteiger partial charge in [0, 0.05) is 12.0 Å². The SMILES string of the molecule is CCc1cccc2c1OCCC2Nc1cnc(C(=O)O)cn1. The highest BCUT2D eigenvalue weighted by molar-refractivity contribution is 5.84. The minimum atomic E-state index is -1.08. The first-order valence-corrected chi connectivity index (χ1v) is 7.25. The summed E-state index contributed by atoms with van der Waals surface area (Å²) in [5.74, 6) is 0.427. The molecule has 0 aliphatic carbocycles. The molecule has 22 heavy (non-hydrogen) atoms. The molecular formula is C16H17N3O3. The topological polar surface area (TPSA) is 84.3 Å². The number of anilines is 1. The normalized spacial score (nSPS) is 16.5. The van der Waals surface area contributed by atoms with Crippen molar-refractivity contribution in [2.45, 2.75) is 25.8 Å². The molecule has 1 atom stereocenters. The van der Waals surface area contributed by atoms with Crippen LogP contribution in [0.4, 0.5) is 5.82 Å². The predicted octanol–water partition coefficient (Wildman–Crippen LogP) is 2.67. The van der Waals surface area contributed by atoms with Crippen LogP contribution in [0.25, 0.3) is 0 Å². The second-order valence-electron chi connectivity index (χ2n) is 5.12. The maximum atomic E-state index is 10.8. The number of rotatable bonds is 4. The zero-order chi connectivity index (χ0) is 15.5. The van der Waals surface area contributed by atoms with Crippen LogP contribution in [0, 0.1) is 0 Å². The lowest BCUT2D eigenvalue weighted by atomic mass is 9.96. The third-order valence-corrected chi connectivity index (χ3v) is 3.73. The maximum absolute atomic E-state index is 10.8. The van der Waals surface area contributed by atoms with Crippen molar-refractivity contribution in [2.24, 2.45) is 0 Å². The van der Waals surface area contributed by atoms with Gasteiger partial charge in [0.1, 0.15) is 11.6 Å². The fraction of sp³-hybridized carbons (Fsp3) is 0.312. The minimum absolute atomic E-state index is 0.0637. The van der Waals surface area contributed by atoms with Crippen molar-refractivity contribution in [2.75, 3.05) is 11.9 Å². The molecule has 2 aromatic rings. The van der Waals surface area contributed by atoms with Crippen LogP contribution in [0.2, 0.25) is 0 Å². The predicted molar refractivity (Wildman–Crippen MR) is 81.3 cm³/mol. The van der Waals surface area contributed by atoms with E-state index < -0.39 is 5.97 Å². The third-order valence-electron chi connectivity index (χ3n) is 3.73. The number of carboxylic acid groups (broad SMARTS) is 1. The summed E-state index contributed by atoms with van der Waals surface area (Å²) >= 11 is 0. The average Bonchev–Trinajstić information content (AvgIpc) is 2.55. The van der Waals surface area contributed by atoms with Crippen molar-refractivity contribution < 1.29 is 14.6 Å². The van der Waals surface area contributed by atoms with E-state index in [0.717, 1.165) is 24.2 Å². The Balaban J connectivity index is 1.84. The number of carbonyl (C=O) groups is 1. The van der Waals surface area contributed by atoms with Crippen LogP contribution in [0.1, 0.15) is 41.0 Å². The Kier molecular flexibility index (Phi) is 3.91. The summed E-state index contributed by atoms with van der Waals surface area (Å²) in [6, 6.07) is 6.23. The van der Waals surface area contributed by atoms with Gasteiger partial charge in [0.15, 0.2) is 5.69 Å². The molecule has 1 aromatic carbocycles. The number of nitrogens with zero attached hydrogens (tertiary/aromatic N) is 2. The average molecular weight is 299 g/mol. The van der Waals surface area contributed by atoms with Crippen LogP contribution < -0.4 is 10.1 Å². The van der Waals surface area contributed by atoms with Gasteiger partial charge in [-0.3, -0.25) is 0 Å². The number of aromatic carboxylic acids is 1. The summed E-state index contributed by atoms with van der Waals surface area (Å²) in [6.45, 7) is 2.74. The summed E-state index contributed by atoms with van der Waals surface area (Å²) in [7, 11) is 0. The summed E-state index contributed by atoms with van der Waals surface area (Å²) in [4.78, 5) is 18.8. The molecule has 3 rings (SSSR count). The van der Waals surface area contributed by atoms with E-state index in [1.807, 2.05) is 12.1 Å². The van der Waals surface area contributed by atoms with Crippen LogP contribution in [0.5, 0.6) is 5.75 Å². The van der Waals surface area contributed by atoms with Crippen LogP contribution in [0.15, 0.2) is 30.6 Å². The number of carboxylic acids is 1. The molecule has 0 saturated heterocycles. The molecule has 1 unspecified atom stereocenters. The molecule has 0 bridgehead atoms. The molecule has 2 heterocycles. The summed E-state index contributed by atoms with van der Waals surface area (Å²) in [5, 5.41) is 12.2. The van der Waals surface area contributed by atoms with E-state index in [1.54, 1.807) is 0 Å². The second kappa shape index (κ2) is 6.01. The monoisotopic (exact) mass is 299 g/mol. The van der Waals surface area contributed by atoms with Crippen LogP contribution in [-0.2, 0) is 6.42 Å². The van der Waals surface area contributed by atoms with Crippen molar-refractivity contribution >= 4 is 11.8 Å². The maximum Gasteiger partial charge on any atom is 0.356 e. The summed E-state index contributed by atoms with van der Waals surface area (Å²) < 4.78 is 5.81. The molecule has 1 aromatic heterocycles. The number of hydrogen-bond acceptors (Lipinski definition) is 5. The first kappa shape index (κ1) is 14.3. The third kappa shape index (κ3) is 2.72. The minimum Gasteiger partial charge on any atom is -0.493 e. The number of ether oxygens (including phenoxy) is 1. The number of fused-ring (bicyclic) bond motifs is 1. The lowest BCUT2D eigenvalue weighted by Gasteiger charge is -2.28. The molecule has 114 valence electrons. The number of benzene rings is 1. The number of hydrogen-bond donors (Lipinski definition) is 2. The fourth-order valence-electron chi connectivity index (χ4n) is 2.61. The second-order valence-corrected chi connectivity index (χ2v) is 5.12. The number of nitrogens with one attached hydrogen (secondary N) is 1. The Morgan fingerprint density at radius 2 is 2.27 bits per heavy atom. The lowest BCUT2D eigenvalue weighted by Crippen LogP contribution is -2.22. The van der Waals surface area contributed by atoms with Gasteiger partial charge in [0.2, 0.25) is 0 Å². The first-order valence-electron chi connectivity index (χ1n) is 7.25. The molecule has 6 nitrogen and oxygen atoms in total. The van der Waals surface area contributed by atoms with Gasteiger partial charge in [-0.05, 0) is 12.0 Å². The largest absolute Gasteiger partial charge is 0.493 e. The van der Waals surface area contributed by atoms with E-state index in [1.165, 1.54) is 18.0 Å². The van der Waals surface area contributed by atoms with E-state index in [0.29, 0.717) is 12.4 Å². The highest BCUT2D eigenvalue weighted by Crippen LogP contribution is 2.36. The Labute approximate surface area is 128 Å². The molecule has 1 aliphatic rings. The van der Waals surface area contributed by atoms with Gasteiger partial charge in [0.25, 0.3) is 0 Å². The quantitative estimate of drug-likeness (QED) is 0.903. The molecule has 0 saturated carbocycles. The first-order chi connectivity index (χ1) is 10.7. The molecular weight excluding hydrogens is 282 g/mol. The Morgan fingerprint density at radius 3 is 2.95 bits per heavy atom. The van der Waals surface area contributed by atoms with Gasteiger partial charge in [0.05, 0.1) is 25.0 Å². The van der Waals surface area contributed by atoms with Gasteiger partial charge in [-0.2, -0.15) is 0 Å². The Bertz CT molecular complexity index is 686. The van der Waals surface area contributed by atoms with Gasteiger partial charge < -0.3 is 15.2 Å². The molecule has 2 N–H and O–H groups in total. The number of para-hydroxylation sites is 1. The standard InChI is InChI=1S/C16H17N3O3/c1-2-10-4-3-5-11-12(6-7-22-15(10)11)19-14-9-17-13(8-18-14)16(20)21/h3-5,8-9,12H,2,6-7H2,1H3,(H,18,19)(H,20,21). The van der Waals surface area contributed by atoms with E-state index in [4.69, 9.17) is 9.84 Å². The van der Waals surface area contributed by atoms with E-state index >= 15 is 0 Å². The Morgan fingerprint density at radius 1 is 1.41 bits per heavy atom. The van der Waals surface area contributed by atoms with E-state index in [2.05, 4.69) is 28.3 Å². The molecule has 0 spiro atoms. The molecule has 0 radical (unpaired) electrons. The molecule has 0 amide bonds. The highest BCUT2D eigenvalue weighted by atomic mass is 16.5. The lowest BCUT2D eigenvalue weighted by molar-refractivity contribution is 0.0690. The highest BCUT2D eigenvalue weighted by Gasteiger charge is 2.23. The van der Waals surface area contributed by atoms with Gasteiger partial charge >= 0.3 is 5.97 Å². The van der Waals surface area contributed by atoms with Crippen LogP contribution >= 0.6 is 0 Å². The van der Waals surface area contributed by atoms with E-state index in [9.17, 15) is 4.79 Å². The van der Waals surface area contributed by atoms with Crippen molar-refractivity contribution in [3.8, 4) is 5.75 Å². The van der Waals surface area contributed by atoms with Crippen molar-refractivity contribution in [3.63, 3.8) is 0 Å². The van der Waals surface area contributed by atoms with Gasteiger partial charge in [-0.25, -0.2) is 14.8 Å². The van der Waals surface area contributed by atoms with Crippen LogP contribution in [-0.4, -0.2) is 27.7 Å². The molecule has 0 fully saturated rings. The van der Waals surface area contributed by atoms with Gasteiger partial charge in [-0.15, -0.1) is 0 Å². The summed E-state index contributed by atoms with van der Waals surface area (Å²) in [6.07, 6.45) is 4.45. The zero-order valence-corrected chi connectivity index (χ0v) is 12.2. The van der Waals surface area contributed by atoms with Crippen LogP contribution in [0.3, 0.4) is 0 Å². The van der Waals surface area contributed by atoms with Crippen molar-refractivity contribution in [1.82, 2.24) is 9.97 Å².